The Morgan fingerprint density at radius 3 is 2.77 bits per heavy atom. The molecule has 0 aromatic heterocycles. The van der Waals surface area contributed by atoms with Crippen molar-refractivity contribution in [3.05, 3.63) is 46.0 Å². The molecule has 1 aromatic carbocycles. The van der Waals surface area contributed by atoms with E-state index in [2.05, 4.69) is 0 Å². The molecule has 1 radical (unpaired) electrons. The molecule has 0 amide bonds. The van der Waals surface area contributed by atoms with Gasteiger partial charge in [0.25, 0.3) is 5.69 Å². The van der Waals surface area contributed by atoms with Crippen molar-refractivity contribution >= 4 is 5.69 Å². The van der Waals surface area contributed by atoms with Crippen LogP contribution in [0.3, 0.4) is 0 Å². The highest BCUT2D eigenvalue weighted by Crippen LogP contribution is 2.20. The minimum atomic E-state index is -0.439. The van der Waals surface area contributed by atoms with Crippen molar-refractivity contribution in [3.8, 4) is 0 Å². The van der Waals surface area contributed by atoms with Crippen molar-refractivity contribution in [2.45, 2.75) is 13.3 Å². The molecule has 0 bridgehead atoms. The third kappa shape index (κ3) is 2.03. The molecule has 0 fully saturated rings. The highest BCUT2D eigenvalue weighted by atomic mass is 16.6. The predicted molar refractivity (Wildman–Crippen MR) is 47.8 cm³/mol. The first-order valence-electron chi connectivity index (χ1n) is 3.93. The lowest BCUT2D eigenvalue weighted by Gasteiger charge is -2.00. The third-order valence-electron chi connectivity index (χ3n) is 1.84. The first-order valence-corrected chi connectivity index (χ1v) is 3.93. The Morgan fingerprint density at radius 2 is 2.31 bits per heavy atom. The third-order valence-corrected chi connectivity index (χ3v) is 1.84. The number of hydrogen-bond acceptors (Lipinski definition) is 3. The van der Waals surface area contributed by atoms with Gasteiger partial charge in [-0.1, -0.05) is 19.1 Å². The molecule has 0 heterocycles. The van der Waals surface area contributed by atoms with Gasteiger partial charge in [-0.2, -0.15) is 0 Å². The van der Waals surface area contributed by atoms with Gasteiger partial charge in [0, 0.05) is 11.6 Å². The van der Waals surface area contributed by atoms with Crippen molar-refractivity contribution in [1.29, 1.82) is 0 Å². The van der Waals surface area contributed by atoms with Gasteiger partial charge >= 0.3 is 0 Å². The average Bonchev–Trinajstić information content (AvgIpc) is 2.16. The lowest BCUT2D eigenvalue weighted by molar-refractivity contribution is -0.385. The van der Waals surface area contributed by atoms with Crippen LogP contribution in [0.4, 0.5) is 5.69 Å². The number of rotatable bonds is 3. The van der Waals surface area contributed by atoms with E-state index in [1.807, 2.05) is 6.92 Å². The van der Waals surface area contributed by atoms with E-state index in [9.17, 15) is 10.1 Å². The van der Waals surface area contributed by atoms with Gasteiger partial charge in [-0.05, 0) is 12.0 Å². The molecule has 0 unspecified atom stereocenters. The summed E-state index contributed by atoms with van der Waals surface area (Å²) in [4.78, 5) is 10.1. The number of nitro groups is 1. The van der Waals surface area contributed by atoms with E-state index in [0.29, 0.717) is 17.5 Å². The van der Waals surface area contributed by atoms with Crippen LogP contribution in [-0.2, 0) is 6.42 Å². The summed E-state index contributed by atoms with van der Waals surface area (Å²) < 4.78 is 0. The number of nitro benzene ring substituents is 1. The average molecular weight is 180 g/mol. The Balaban J connectivity index is 3.18. The van der Waals surface area contributed by atoms with Gasteiger partial charge in [0.2, 0.25) is 0 Å². The quantitative estimate of drug-likeness (QED) is 0.571. The van der Waals surface area contributed by atoms with Crippen molar-refractivity contribution in [3.63, 3.8) is 0 Å². The molecular weight excluding hydrogens is 170 g/mol. The Labute approximate surface area is 76.0 Å². The molecule has 0 spiro atoms. The number of hydrogen-bond donors (Lipinski definition) is 1. The lowest BCUT2D eigenvalue weighted by atomic mass is 10.1. The largest absolute Gasteiger partial charge is 0.385 e. The van der Waals surface area contributed by atoms with Crippen LogP contribution in [0.15, 0.2) is 18.2 Å². The summed E-state index contributed by atoms with van der Waals surface area (Å²) in [6.45, 7) is 2.71. The lowest BCUT2D eigenvalue weighted by Crippen LogP contribution is -1.95. The molecule has 0 aliphatic carbocycles. The van der Waals surface area contributed by atoms with E-state index in [4.69, 9.17) is 5.11 Å². The van der Waals surface area contributed by atoms with Crippen LogP contribution in [-0.4, -0.2) is 10.0 Å². The molecule has 1 rings (SSSR count). The van der Waals surface area contributed by atoms with Crippen LogP contribution >= 0.6 is 0 Å². The second kappa shape index (κ2) is 4.00. The minimum Gasteiger partial charge on any atom is -0.385 e. The molecule has 0 saturated heterocycles. The molecule has 0 atom stereocenters. The Kier molecular flexibility index (Phi) is 2.97. The van der Waals surface area contributed by atoms with E-state index in [1.54, 1.807) is 12.1 Å². The van der Waals surface area contributed by atoms with Gasteiger partial charge < -0.3 is 5.11 Å². The summed E-state index contributed by atoms with van der Waals surface area (Å²) in [7, 11) is 0. The first kappa shape index (κ1) is 9.67. The normalized spacial score (nSPS) is 10.0. The Bertz CT molecular complexity index is 323. The van der Waals surface area contributed by atoms with Crippen LogP contribution in [0, 0.1) is 16.7 Å². The highest BCUT2D eigenvalue weighted by molar-refractivity contribution is 5.44. The van der Waals surface area contributed by atoms with Crippen LogP contribution in [0.2, 0.25) is 0 Å². The maximum absolute atomic E-state index is 10.6. The maximum atomic E-state index is 10.6. The second-order valence-electron chi connectivity index (χ2n) is 2.63. The maximum Gasteiger partial charge on any atom is 0.272 e. The smallest absolute Gasteiger partial charge is 0.272 e. The summed E-state index contributed by atoms with van der Waals surface area (Å²) in [6, 6.07) is 4.66. The van der Waals surface area contributed by atoms with Gasteiger partial charge in [0.05, 0.1) is 4.92 Å². The molecular formula is C9H10NO3. The van der Waals surface area contributed by atoms with E-state index in [1.165, 1.54) is 6.07 Å². The monoisotopic (exact) mass is 180 g/mol. The zero-order valence-electron chi connectivity index (χ0n) is 7.23. The summed E-state index contributed by atoms with van der Waals surface area (Å²) in [5.41, 5.74) is 1.19. The summed E-state index contributed by atoms with van der Waals surface area (Å²) in [5.74, 6) is 0. The standard InChI is InChI=1S/C9H10NO3/c1-2-8-4-3-7(6-11)5-9(8)10(12)13/h3-6,11H,2H2,1H3. The van der Waals surface area contributed by atoms with Gasteiger partial charge in [-0.3, -0.25) is 10.1 Å². The first-order chi connectivity index (χ1) is 6.19. The highest BCUT2D eigenvalue weighted by Gasteiger charge is 2.12. The molecule has 0 saturated carbocycles. The predicted octanol–water partition coefficient (Wildman–Crippen LogP) is 2.04. The summed E-state index contributed by atoms with van der Waals surface area (Å²) in [5, 5.41) is 19.2. The van der Waals surface area contributed by atoms with Crippen molar-refractivity contribution in [2.75, 3.05) is 0 Å². The fourth-order valence-corrected chi connectivity index (χ4v) is 1.13. The van der Waals surface area contributed by atoms with Crippen LogP contribution < -0.4 is 0 Å². The van der Waals surface area contributed by atoms with Gasteiger partial charge in [0.1, 0.15) is 6.61 Å². The van der Waals surface area contributed by atoms with Gasteiger partial charge in [-0.25, -0.2) is 0 Å². The van der Waals surface area contributed by atoms with E-state index in [-0.39, 0.29) is 5.69 Å². The molecule has 13 heavy (non-hydrogen) atoms. The number of aryl methyl sites for hydroxylation is 1. The van der Waals surface area contributed by atoms with E-state index < -0.39 is 4.92 Å². The van der Waals surface area contributed by atoms with E-state index in [0.717, 1.165) is 6.61 Å². The zero-order valence-corrected chi connectivity index (χ0v) is 7.23. The summed E-state index contributed by atoms with van der Waals surface area (Å²) >= 11 is 0. The zero-order chi connectivity index (χ0) is 9.84. The van der Waals surface area contributed by atoms with Crippen LogP contribution in [0.25, 0.3) is 0 Å². The Hall–Kier alpha value is -1.42. The van der Waals surface area contributed by atoms with Crippen molar-refractivity contribution in [2.24, 2.45) is 0 Å². The topological polar surface area (TPSA) is 63.4 Å². The van der Waals surface area contributed by atoms with Crippen LogP contribution in [0.1, 0.15) is 18.1 Å². The molecule has 4 nitrogen and oxygen atoms in total. The summed E-state index contributed by atoms with van der Waals surface area (Å²) in [6.07, 6.45) is 0.613. The number of aliphatic hydroxyl groups excluding tert-OH is 1. The Morgan fingerprint density at radius 1 is 1.62 bits per heavy atom. The van der Waals surface area contributed by atoms with Crippen molar-refractivity contribution in [1.82, 2.24) is 0 Å². The van der Waals surface area contributed by atoms with E-state index >= 15 is 0 Å². The fourth-order valence-electron chi connectivity index (χ4n) is 1.13. The number of benzene rings is 1. The number of aliphatic hydroxyl groups is 1. The second-order valence-corrected chi connectivity index (χ2v) is 2.63. The van der Waals surface area contributed by atoms with Gasteiger partial charge in [-0.15, -0.1) is 0 Å². The molecule has 69 valence electrons. The molecule has 4 heteroatoms. The van der Waals surface area contributed by atoms with Crippen LogP contribution in [0.5, 0.6) is 0 Å². The van der Waals surface area contributed by atoms with Crippen molar-refractivity contribution < 1.29 is 10.0 Å². The molecule has 0 aliphatic heterocycles. The SMILES string of the molecule is CCc1ccc([CH]O)cc1[N+](=O)[O-]. The molecule has 0 aliphatic rings. The number of nitrogens with zero attached hydrogens (tertiary/aromatic N) is 1. The minimum absolute atomic E-state index is 0.0605. The van der Waals surface area contributed by atoms with Gasteiger partial charge in [0.15, 0.2) is 0 Å². The molecule has 1 aromatic rings. The fraction of sp³-hybridized carbons (Fsp3) is 0.222. The molecule has 1 N–H and O–H groups in total.